The number of hydrogen-bond acceptors (Lipinski definition) is 4. The van der Waals surface area contributed by atoms with Gasteiger partial charge < -0.3 is 9.64 Å². The van der Waals surface area contributed by atoms with Crippen LogP contribution in [0.5, 0.6) is 11.5 Å². The third kappa shape index (κ3) is 3.82. The Bertz CT molecular complexity index is 684. The van der Waals surface area contributed by atoms with Crippen LogP contribution in [0, 0.1) is 10.1 Å². The van der Waals surface area contributed by atoms with Crippen molar-refractivity contribution in [3.63, 3.8) is 0 Å². The molecule has 0 aliphatic rings. The summed E-state index contributed by atoms with van der Waals surface area (Å²) in [5, 5.41) is 10.9. The highest BCUT2D eigenvalue weighted by molar-refractivity contribution is 5.79. The van der Waals surface area contributed by atoms with E-state index in [4.69, 9.17) is 4.74 Å². The minimum atomic E-state index is -0.490. The number of non-ortho nitro benzene ring substituents is 1. The van der Waals surface area contributed by atoms with Crippen LogP contribution in [-0.2, 0) is 11.2 Å². The van der Waals surface area contributed by atoms with Crippen molar-refractivity contribution in [2.45, 2.75) is 6.42 Å². The maximum Gasteiger partial charge on any atom is 0.269 e. The van der Waals surface area contributed by atoms with Gasteiger partial charge in [-0.15, -0.1) is 0 Å². The minimum Gasteiger partial charge on any atom is -0.457 e. The Morgan fingerprint density at radius 2 is 1.86 bits per heavy atom. The lowest BCUT2D eigenvalue weighted by atomic mass is 10.1. The molecule has 6 nitrogen and oxygen atoms in total. The van der Waals surface area contributed by atoms with Crippen molar-refractivity contribution in [1.29, 1.82) is 0 Å². The molecule has 114 valence electrons. The molecule has 0 aliphatic carbocycles. The summed E-state index contributed by atoms with van der Waals surface area (Å²) in [6.07, 6.45) is 0.0385. The number of rotatable bonds is 5. The van der Waals surface area contributed by atoms with Crippen molar-refractivity contribution in [2.75, 3.05) is 14.1 Å². The first-order valence-electron chi connectivity index (χ1n) is 6.67. The lowest BCUT2D eigenvalue weighted by Crippen LogP contribution is -2.23. The van der Waals surface area contributed by atoms with Gasteiger partial charge in [-0.1, -0.05) is 18.2 Å². The lowest BCUT2D eigenvalue weighted by Gasteiger charge is -2.13. The number of likely N-dealkylation sites (N-methyl/N-ethyl adjacent to an activating group) is 1. The molecule has 2 rings (SSSR count). The molecule has 0 unspecified atom stereocenters. The number of nitrogens with zero attached hydrogens (tertiary/aromatic N) is 2. The van der Waals surface area contributed by atoms with Gasteiger partial charge in [0.05, 0.1) is 11.3 Å². The Labute approximate surface area is 128 Å². The second kappa shape index (κ2) is 6.71. The highest BCUT2D eigenvalue weighted by Crippen LogP contribution is 2.29. The molecule has 0 radical (unpaired) electrons. The van der Waals surface area contributed by atoms with Crippen LogP contribution in [0.25, 0.3) is 0 Å². The Morgan fingerprint density at radius 3 is 2.45 bits per heavy atom. The third-order valence-corrected chi connectivity index (χ3v) is 3.07. The molecule has 0 aliphatic heterocycles. The van der Waals surface area contributed by atoms with E-state index in [-0.39, 0.29) is 18.0 Å². The van der Waals surface area contributed by atoms with Crippen molar-refractivity contribution in [3.05, 3.63) is 64.2 Å². The fraction of sp³-hybridized carbons (Fsp3) is 0.188. The quantitative estimate of drug-likeness (QED) is 0.628. The molecular weight excluding hydrogens is 284 g/mol. The Kier molecular flexibility index (Phi) is 4.73. The molecule has 0 heterocycles. The van der Waals surface area contributed by atoms with Gasteiger partial charge in [-0.3, -0.25) is 14.9 Å². The number of nitro benzene ring substituents is 1. The van der Waals surface area contributed by atoms with E-state index < -0.39 is 4.92 Å². The molecule has 0 fully saturated rings. The first kappa shape index (κ1) is 15.5. The highest BCUT2D eigenvalue weighted by Gasteiger charge is 2.16. The van der Waals surface area contributed by atoms with E-state index in [2.05, 4.69) is 0 Å². The van der Waals surface area contributed by atoms with E-state index in [1.165, 1.54) is 23.1 Å². The normalized spacial score (nSPS) is 10.1. The Balaban J connectivity index is 2.35. The van der Waals surface area contributed by atoms with E-state index in [0.717, 1.165) is 0 Å². The molecule has 2 aromatic carbocycles. The maximum absolute atomic E-state index is 11.9. The average Bonchev–Trinajstić information content (AvgIpc) is 2.49. The van der Waals surface area contributed by atoms with Crippen molar-refractivity contribution >= 4 is 11.6 Å². The summed E-state index contributed by atoms with van der Waals surface area (Å²) in [5.74, 6) is 0.889. The summed E-state index contributed by atoms with van der Waals surface area (Å²) >= 11 is 0. The summed E-state index contributed by atoms with van der Waals surface area (Å²) < 4.78 is 5.73. The maximum atomic E-state index is 11.9. The largest absolute Gasteiger partial charge is 0.457 e. The van der Waals surface area contributed by atoms with Crippen molar-refractivity contribution in [2.24, 2.45) is 0 Å². The number of carbonyl (C=O) groups excluding carboxylic acids is 1. The first-order chi connectivity index (χ1) is 10.5. The van der Waals surface area contributed by atoms with Crippen LogP contribution in [-0.4, -0.2) is 29.8 Å². The Hall–Kier alpha value is -2.89. The number of nitro groups is 1. The second-order valence-electron chi connectivity index (χ2n) is 4.93. The van der Waals surface area contributed by atoms with Crippen LogP contribution in [0.1, 0.15) is 5.56 Å². The molecular formula is C16H16N2O4. The van der Waals surface area contributed by atoms with Gasteiger partial charge in [0.15, 0.2) is 0 Å². The molecule has 2 aromatic rings. The molecule has 0 saturated carbocycles. The Morgan fingerprint density at radius 1 is 1.18 bits per heavy atom. The third-order valence-electron chi connectivity index (χ3n) is 3.07. The molecule has 0 bridgehead atoms. The van der Waals surface area contributed by atoms with Crippen LogP contribution in [0.4, 0.5) is 5.69 Å². The summed E-state index contributed by atoms with van der Waals surface area (Å²) in [7, 11) is 3.27. The van der Waals surface area contributed by atoms with Crippen molar-refractivity contribution in [1.82, 2.24) is 4.90 Å². The van der Waals surface area contributed by atoms with Crippen LogP contribution in [0.3, 0.4) is 0 Å². The van der Waals surface area contributed by atoms with E-state index in [1.807, 2.05) is 18.2 Å². The van der Waals surface area contributed by atoms with Gasteiger partial charge in [0.2, 0.25) is 5.91 Å². The van der Waals surface area contributed by atoms with Gasteiger partial charge in [-0.2, -0.15) is 0 Å². The van der Waals surface area contributed by atoms with E-state index in [9.17, 15) is 14.9 Å². The number of ether oxygens (including phenoxy) is 1. The lowest BCUT2D eigenvalue weighted by molar-refractivity contribution is -0.384. The van der Waals surface area contributed by atoms with Crippen LogP contribution in [0.2, 0.25) is 0 Å². The fourth-order valence-electron chi connectivity index (χ4n) is 1.85. The molecule has 0 aromatic heterocycles. The van der Waals surface area contributed by atoms with E-state index in [0.29, 0.717) is 17.1 Å². The van der Waals surface area contributed by atoms with Crippen LogP contribution in [0.15, 0.2) is 48.5 Å². The standard InChI is InChI=1S/C16H16N2O4/c1-17(2)16(19)11-12-10-13(18(20)21)8-9-15(12)22-14-6-4-3-5-7-14/h3-10H,11H2,1-2H3. The zero-order chi connectivity index (χ0) is 16.1. The summed E-state index contributed by atoms with van der Waals surface area (Å²) in [5.41, 5.74) is 0.415. The topological polar surface area (TPSA) is 72.7 Å². The zero-order valence-electron chi connectivity index (χ0n) is 12.4. The smallest absolute Gasteiger partial charge is 0.269 e. The van der Waals surface area contributed by atoms with Gasteiger partial charge in [0.1, 0.15) is 11.5 Å². The highest BCUT2D eigenvalue weighted by atomic mass is 16.6. The average molecular weight is 300 g/mol. The minimum absolute atomic E-state index is 0.0385. The van der Waals surface area contributed by atoms with Gasteiger partial charge in [0, 0.05) is 31.8 Å². The first-order valence-corrected chi connectivity index (χ1v) is 6.67. The molecule has 0 atom stereocenters. The number of benzene rings is 2. The summed E-state index contributed by atoms with van der Waals surface area (Å²) in [6.45, 7) is 0. The predicted octanol–water partition coefficient (Wildman–Crippen LogP) is 3.02. The van der Waals surface area contributed by atoms with Crippen molar-refractivity contribution in [3.8, 4) is 11.5 Å². The summed E-state index contributed by atoms with van der Waals surface area (Å²) in [6, 6.07) is 13.3. The molecule has 0 N–H and O–H groups in total. The second-order valence-corrected chi connectivity index (χ2v) is 4.93. The summed E-state index contributed by atoms with van der Waals surface area (Å²) in [4.78, 5) is 23.8. The molecule has 0 saturated heterocycles. The molecule has 0 spiro atoms. The zero-order valence-corrected chi connectivity index (χ0v) is 12.4. The molecule has 1 amide bonds. The predicted molar refractivity (Wildman–Crippen MR) is 82.0 cm³/mol. The van der Waals surface area contributed by atoms with Gasteiger partial charge in [-0.25, -0.2) is 0 Å². The molecule has 6 heteroatoms. The van der Waals surface area contributed by atoms with E-state index in [1.54, 1.807) is 26.2 Å². The van der Waals surface area contributed by atoms with Gasteiger partial charge in [0.25, 0.3) is 5.69 Å². The molecule has 22 heavy (non-hydrogen) atoms. The number of amides is 1. The number of para-hydroxylation sites is 1. The monoisotopic (exact) mass is 300 g/mol. The SMILES string of the molecule is CN(C)C(=O)Cc1cc([N+](=O)[O-])ccc1Oc1ccccc1. The van der Waals surface area contributed by atoms with E-state index >= 15 is 0 Å². The van der Waals surface area contributed by atoms with Crippen molar-refractivity contribution < 1.29 is 14.5 Å². The van der Waals surface area contributed by atoms with Gasteiger partial charge in [-0.05, 0) is 18.2 Å². The van der Waals surface area contributed by atoms with Crippen LogP contribution >= 0.6 is 0 Å². The van der Waals surface area contributed by atoms with Crippen LogP contribution < -0.4 is 4.74 Å². The number of hydrogen-bond donors (Lipinski definition) is 0. The number of carbonyl (C=O) groups is 1. The fourth-order valence-corrected chi connectivity index (χ4v) is 1.85. The van der Waals surface area contributed by atoms with Gasteiger partial charge >= 0.3 is 0 Å².